The topological polar surface area (TPSA) is 320 Å². The van der Waals surface area contributed by atoms with Gasteiger partial charge < -0.3 is 69.1 Å². The molecule has 88 heavy (non-hydrogen) atoms. The standard InChI is InChI=1S/C63H83N5O18S2/c1-33-29-38(11-13-40(33)41-17-19-63(8)42(36(41)4)14-16-46(63)85-60-54(75)52(73)53(74)55(86-60)59(78)79)83-24-10-20-64-47(69)18-25-81-27-28-82-26-23-68(22-21-67(9)48(70)31-62(6,7)49-37(5)50(71)34(2)35(3)51(49)72)61(80)84-39-12-15-43-45(30-39)88-57(65-43)56-66-44(32-87-56)58(76)77/h11-13,15,29-30,36,41-42,44,46,52-55,60,73-75H,10,14,16-28,31-32H2,1-9H3,(H,64,69)(H,76,77)(H,78,79)/t36-,41+,42+,44?,46+,52-,53?,54+,55-,60?,63+/m1/s1. The number of fused-ring (bicyclic) bond motifs is 2. The highest BCUT2D eigenvalue weighted by Crippen LogP contribution is 2.60. The number of thiazole rings is 1. The summed E-state index contributed by atoms with van der Waals surface area (Å²) >= 11 is 2.62. The summed E-state index contributed by atoms with van der Waals surface area (Å²) in [5, 5.41) is 54.1. The van der Waals surface area contributed by atoms with Crippen LogP contribution in [0.4, 0.5) is 4.79 Å². The van der Waals surface area contributed by atoms with Gasteiger partial charge in [-0.15, -0.1) is 23.1 Å². The Hall–Kier alpha value is -6.16. The average molecular weight is 1260 g/mol. The summed E-state index contributed by atoms with van der Waals surface area (Å²) in [5.74, 6) is -1.26. The Labute approximate surface area is 520 Å². The maximum atomic E-state index is 13.9. The molecule has 3 heterocycles. The monoisotopic (exact) mass is 1260 g/mol. The summed E-state index contributed by atoms with van der Waals surface area (Å²) in [5.41, 5.74) is 3.15. The fourth-order valence-corrected chi connectivity index (χ4v) is 15.0. The van der Waals surface area contributed by atoms with E-state index in [1.54, 1.807) is 59.9 Å². The first-order valence-electron chi connectivity index (χ1n) is 30.0. The number of nitrogens with zero attached hydrogens (tertiary/aromatic N) is 4. The zero-order chi connectivity index (χ0) is 63.9. The summed E-state index contributed by atoms with van der Waals surface area (Å²) in [6.45, 7) is 16.5. The lowest BCUT2D eigenvalue weighted by Gasteiger charge is -2.49. The summed E-state index contributed by atoms with van der Waals surface area (Å²) in [6.07, 6.45) is -5.31. The van der Waals surface area contributed by atoms with Crippen LogP contribution in [-0.4, -0.2) is 202 Å². The molecule has 1 saturated heterocycles. The summed E-state index contributed by atoms with van der Waals surface area (Å²) in [4.78, 5) is 102. The van der Waals surface area contributed by atoms with Gasteiger partial charge in [0.15, 0.2) is 30.0 Å². The molecule has 25 heteroatoms. The predicted molar refractivity (Wildman–Crippen MR) is 326 cm³/mol. The minimum Gasteiger partial charge on any atom is -0.494 e. The van der Waals surface area contributed by atoms with Crippen LogP contribution >= 0.6 is 23.1 Å². The van der Waals surface area contributed by atoms with E-state index in [1.165, 1.54) is 38.5 Å². The highest BCUT2D eigenvalue weighted by molar-refractivity contribution is 8.15. The van der Waals surface area contributed by atoms with Gasteiger partial charge in [-0.25, -0.2) is 19.4 Å². The van der Waals surface area contributed by atoms with E-state index in [9.17, 15) is 59.1 Å². The number of likely N-dealkylation sites (N-methyl/N-ethyl adjacent to an activating group) is 1. The number of hydrogen-bond acceptors (Lipinski definition) is 20. The molecule has 3 aromatic rings. The summed E-state index contributed by atoms with van der Waals surface area (Å²) in [6, 6.07) is 10.3. The van der Waals surface area contributed by atoms with Crippen LogP contribution in [-0.2, 0) is 47.7 Å². The van der Waals surface area contributed by atoms with E-state index in [2.05, 4.69) is 42.1 Å². The van der Waals surface area contributed by atoms with E-state index in [0.29, 0.717) is 74.3 Å². The van der Waals surface area contributed by atoms with Crippen LogP contribution in [0.15, 0.2) is 63.7 Å². The van der Waals surface area contributed by atoms with E-state index in [4.69, 9.17) is 28.4 Å². The fourth-order valence-electron chi connectivity index (χ4n) is 12.9. The van der Waals surface area contributed by atoms with Gasteiger partial charge in [-0.3, -0.25) is 24.2 Å². The lowest BCUT2D eigenvalue weighted by molar-refractivity contribution is -0.312. The number of aliphatic carboxylic acids is 2. The number of ketones is 2. The third-order valence-electron chi connectivity index (χ3n) is 18.1. The van der Waals surface area contributed by atoms with Crippen LogP contribution < -0.4 is 14.8 Å². The van der Waals surface area contributed by atoms with Gasteiger partial charge in [-0.05, 0) is 118 Å². The fraction of sp³-hybridized carbons (Fsp3) is 0.603. The average Bonchev–Trinajstić information content (AvgIpc) is 1.56. The molecule has 0 spiro atoms. The number of aryl methyl sites for hydroxylation is 1. The normalized spacial score (nSPS) is 26.5. The Bertz CT molecular complexity index is 3220. The number of aliphatic imine (C=N–C) groups is 1. The van der Waals surface area contributed by atoms with E-state index >= 15 is 0 Å². The lowest BCUT2D eigenvalue weighted by Crippen LogP contribution is -2.61. The predicted octanol–water partition coefficient (Wildman–Crippen LogP) is 6.25. The molecule has 2 saturated carbocycles. The summed E-state index contributed by atoms with van der Waals surface area (Å²) in [7, 11) is 1.60. The molecule has 5 aliphatic rings. The molecule has 3 aliphatic carbocycles. The molecule has 3 fully saturated rings. The third kappa shape index (κ3) is 15.5. The van der Waals surface area contributed by atoms with Crippen molar-refractivity contribution in [2.45, 2.75) is 149 Å². The van der Waals surface area contributed by atoms with Crippen molar-refractivity contribution < 1.29 is 87.5 Å². The van der Waals surface area contributed by atoms with E-state index < -0.39 is 60.2 Å². The molecule has 3 unspecified atom stereocenters. The molecule has 23 nitrogen and oxygen atoms in total. The number of amides is 3. The minimum atomic E-state index is -1.78. The third-order valence-corrected chi connectivity index (χ3v) is 20.3. The van der Waals surface area contributed by atoms with E-state index in [1.807, 2.05) is 12.1 Å². The van der Waals surface area contributed by atoms with Gasteiger partial charge in [0.25, 0.3) is 0 Å². The zero-order valence-corrected chi connectivity index (χ0v) is 53.0. The number of carbonyl (C=O) groups excluding carboxylic acids is 5. The molecule has 480 valence electrons. The Morgan fingerprint density at radius 3 is 2.25 bits per heavy atom. The van der Waals surface area contributed by atoms with Crippen molar-refractivity contribution in [3.8, 4) is 11.5 Å². The van der Waals surface area contributed by atoms with Gasteiger partial charge in [-0.1, -0.05) is 33.8 Å². The quantitative estimate of drug-likeness (QED) is 0.0363. The first kappa shape index (κ1) is 67.8. The van der Waals surface area contributed by atoms with E-state index in [0.717, 1.165) is 30.6 Å². The largest absolute Gasteiger partial charge is 0.494 e. The number of thioether (sulfide) groups is 1. The van der Waals surface area contributed by atoms with Crippen molar-refractivity contribution in [1.82, 2.24) is 20.1 Å². The van der Waals surface area contributed by atoms with Crippen molar-refractivity contribution in [2.75, 3.05) is 72.0 Å². The number of aliphatic hydroxyl groups excluding tert-OH is 3. The SMILES string of the molecule is CC1=C(C)C(=O)C(C(C)(C)CC(=O)N(C)CCN(CCOCCOCCC(=O)NCCCOc2ccc([C@H]3CC[C@]4(C)[C@@H](OC5O[C@@H](C(=O)O)C(O)[C@@H](O)[C@@H]5O)CC[C@H]4[C@@H]3C)c(C)c2)C(=O)Oc2ccc3nc(C4=NC(C(=O)O)CS4)sc3c2)=C(C)C1=O. The minimum absolute atomic E-state index is 0.0575. The zero-order valence-electron chi connectivity index (χ0n) is 51.4. The van der Waals surface area contributed by atoms with Gasteiger partial charge in [0.05, 0.1) is 49.4 Å². The lowest BCUT2D eigenvalue weighted by atomic mass is 9.59. The number of ether oxygens (including phenoxy) is 6. The van der Waals surface area contributed by atoms with Crippen LogP contribution in [0.1, 0.15) is 115 Å². The van der Waals surface area contributed by atoms with Crippen LogP contribution in [0.3, 0.4) is 0 Å². The molecule has 6 N–H and O–H groups in total. The van der Waals surface area contributed by atoms with Crippen LogP contribution in [0.2, 0.25) is 0 Å². The van der Waals surface area contributed by atoms with Gasteiger partial charge in [0, 0.05) is 85.6 Å². The molecule has 8 rings (SSSR count). The Kier molecular flexibility index (Phi) is 22.5. The van der Waals surface area contributed by atoms with Crippen molar-refractivity contribution in [3.05, 3.63) is 74.8 Å². The second-order valence-electron chi connectivity index (χ2n) is 24.5. The number of Topliss-reactive ketones (excluding diaryl/α,β-unsaturated/α-hetero) is 2. The van der Waals surface area contributed by atoms with Crippen molar-refractivity contribution in [1.29, 1.82) is 0 Å². The number of aromatic nitrogens is 1. The van der Waals surface area contributed by atoms with E-state index in [-0.39, 0.29) is 117 Å². The van der Waals surface area contributed by atoms with Gasteiger partial charge in [0.1, 0.15) is 39.9 Å². The Morgan fingerprint density at radius 1 is 0.830 bits per heavy atom. The molecule has 0 radical (unpaired) electrons. The summed E-state index contributed by atoms with van der Waals surface area (Å²) < 4.78 is 35.9. The number of hydrogen-bond donors (Lipinski definition) is 6. The molecule has 3 amide bonds. The Morgan fingerprint density at radius 2 is 1.55 bits per heavy atom. The van der Waals surface area contributed by atoms with Crippen molar-refractivity contribution >= 4 is 79.8 Å². The second-order valence-corrected chi connectivity index (χ2v) is 26.5. The highest BCUT2D eigenvalue weighted by Gasteiger charge is 2.56. The molecule has 2 aliphatic heterocycles. The maximum Gasteiger partial charge on any atom is 0.415 e. The molecular weight excluding hydrogens is 1180 g/mol. The van der Waals surface area contributed by atoms with Gasteiger partial charge in [-0.2, -0.15) is 0 Å². The number of carbonyl (C=O) groups is 7. The smallest absolute Gasteiger partial charge is 0.415 e. The molecule has 1 aromatic heterocycles. The highest BCUT2D eigenvalue weighted by atomic mass is 32.2. The number of allylic oxidation sites excluding steroid dienone is 4. The van der Waals surface area contributed by atoms with Crippen LogP contribution in [0.25, 0.3) is 10.2 Å². The van der Waals surface area contributed by atoms with Gasteiger partial charge in [0.2, 0.25) is 11.8 Å². The number of nitrogens with one attached hydrogen (secondary N) is 1. The number of carboxylic acids is 2. The number of rotatable bonds is 27. The second kappa shape index (κ2) is 29.2. The van der Waals surface area contributed by atoms with Crippen LogP contribution in [0.5, 0.6) is 11.5 Å². The number of aliphatic hydroxyl groups is 3. The first-order chi connectivity index (χ1) is 41.7. The molecular formula is C63H83N5O18S2. The van der Waals surface area contributed by atoms with Crippen molar-refractivity contribution in [3.63, 3.8) is 0 Å². The number of carboxylic acid groups (broad SMARTS) is 2. The van der Waals surface area contributed by atoms with Crippen molar-refractivity contribution in [2.24, 2.45) is 27.7 Å². The first-order valence-corrected chi connectivity index (χ1v) is 31.8. The molecule has 2 aromatic carbocycles. The Balaban J connectivity index is 0.746. The van der Waals surface area contributed by atoms with Crippen LogP contribution in [0, 0.1) is 29.6 Å². The maximum absolute atomic E-state index is 13.9. The molecule has 0 bridgehead atoms. The number of benzene rings is 2. The molecule has 11 atom stereocenters. The van der Waals surface area contributed by atoms with Gasteiger partial charge >= 0.3 is 18.0 Å².